The summed E-state index contributed by atoms with van der Waals surface area (Å²) in [5.74, 6) is -0.774. The minimum atomic E-state index is -0.661. The molecular formula is C10H3BrCl2FN3. The molecule has 1 heterocycles. The van der Waals surface area contributed by atoms with E-state index in [-0.39, 0.29) is 36.8 Å². The summed E-state index contributed by atoms with van der Waals surface area (Å²) >= 11 is 14.8. The Kier molecular flexibility index (Phi) is 3.13. The van der Waals surface area contributed by atoms with Crippen molar-refractivity contribution in [2.45, 2.75) is 0 Å². The second-order valence-corrected chi connectivity index (χ2v) is 4.76. The maximum Gasteiger partial charge on any atom is 0.165 e. The van der Waals surface area contributed by atoms with Gasteiger partial charge in [-0.05, 0) is 22.0 Å². The lowest BCUT2D eigenvalue weighted by Crippen LogP contribution is -1.99. The van der Waals surface area contributed by atoms with Crippen molar-refractivity contribution in [1.82, 2.24) is 4.98 Å². The third-order valence-corrected chi connectivity index (χ3v) is 3.89. The molecule has 0 amide bonds. The van der Waals surface area contributed by atoms with E-state index in [0.717, 1.165) is 0 Å². The summed E-state index contributed by atoms with van der Waals surface area (Å²) in [5.41, 5.74) is 5.51. The highest BCUT2D eigenvalue weighted by Crippen LogP contribution is 2.36. The molecule has 0 fully saturated rings. The van der Waals surface area contributed by atoms with Gasteiger partial charge in [0.05, 0.1) is 14.5 Å². The Balaban J connectivity index is 3.04. The van der Waals surface area contributed by atoms with Crippen LogP contribution < -0.4 is 5.73 Å². The van der Waals surface area contributed by atoms with Crippen LogP contribution in [0.3, 0.4) is 0 Å². The number of nitrogen functional groups attached to an aromatic ring is 1. The van der Waals surface area contributed by atoms with Gasteiger partial charge in [-0.15, -0.1) is 0 Å². The van der Waals surface area contributed by atoms with Crippen molar-refractivity contribution in [2.24, 2.45) is 0 Å². The minimum Gasteiger partial charge on any atom is -0.383 e. The van der Waals surface area contributed by atoms with Crippen LogP contribution in [0.25, 0.3) is 10.9 Å². The molecule has 0 bridgehead atoms. The zero-order chi connectivity index (χ0) is 12.7. The first-order valence-corrected chi connectivity index (χ1v) is 5.84. The number of anilines is 1. The molecule has 86 valence electrons. The predicted molar refractivity (Wildman–Crippen MR) is 68.5 cm³/mol. The smallest absolute Gasteiger partial charge is 0.165 e. The maximum absolute atomic E-state index is 13.9. The summed E-state index contributed by atoms with van der Waals surface area (Å²) in [7, 11) is 0. The molecule has 2 N–H and O–H groups in total. The summed E-state index contributed by atoms with van der Waals surface area (Å²) in [6.07, 6.45) is 0. The summed E-state index contributed by atoms with van der Waals surface area (Å²) in [4.78, 5) is 3.82. The number of halogens is 4. The molecule has 17 heavy (non-hydrogen) atoms. The lowest BCUT2D eigenvalue weighted by atomic mass is 10.1. The van der Waals surface area contributed by atoms with Crippen molar-refractivity contribution in [3.8, 4) is 6.07 Å². The molecule has 1 aromatic carbocycles. The molecule has 0 saturated carbocycles. The average molecular weight is 335 g/mol. The van der Waals surface area contributed by atoms with Gasteiger partial charge in [0, 0.05) is 5.39 Å². The molecule has 3 nitrogen and oxygen atoms in total. The van der Waals surface area contributed by atoms with Gasteiger partial charge in [-0.1, -0.05) is 23.2 Å². The molecule has 0 radical (unpaired) electrons. The summed E-state index contributed by atoms with van der Waals surface area (Å²) in [6, 6.07) is 3.24. The van der Waals surface area contributed by atoms with Crippen molar-refractivity contribution in [1.29, 1.82) is 5.26 Å². The number of fused-ring (bicyclic) bond motifs is 1. The molecule has 0 atom stereocenters. The van der Waals surface area contributed by atoms with Crippen molar-refractivity contribution in [3.63, 3.8) is 0 Å². The number of hydrogen-bond acceptors (Lipinski definition) is 3. The fourth-order valence-electron chi connectivity index (χ4n) is 1.39. The van der Waals surface area contributed by atoms with Crippen LogP contribution in [0.5, 0.6) is 0 Å². The number of nitriles is 1. The van der Waals surface area contributed by atoms with Crippen LogP contribution in [-0.4, -0.2) is 4.98 Å². The van der Waals surface area contributed by atoms with Gasteiger partial charge in [-0.3, -0.25) is 0 Å². The standard InChI is InChI=1S/C10H3BrCl2FN3/c11-6-5(12)1-3-7(13)4(2-15)10(16)17-9(3)8(6)14/h1H,(H2,16,17). The van der Waals surface area contributed by atoms with Gasteiger partial charge in [0.25, 0.3) is 0 Å². The third-order valence-electron chi connectivity index (χ3n) is 2.19. The number of benzene rings is 1. The third kappa shape index (κ3) is 1.82. The Labute approximate surface area is 114 Å². The molecule has 1 aromatic heterocycles. The molecule has 7 heteroatoms. The van der Waals surface area contributed by atoms with Gasteiger partial charge < -0.3 is 5.73 Å². The largest absolute Gasteiger partial charge is 0.383 e. The first-order chi connectivity index (χ1) is 7.97. The molecule has 2 rings (SSSR count). The SMILES string of the molecule is N#Cc1c(N)nc2c(F)c(Br)c(Cl)cc2c1Cl. The maximum atomic E-state index is 13.9. The fraction of sp³-hybridized carbons (Fsp3) is 0. The number of aromatic nitrogens is 1. The second-order valence-electron chi connectivity index (χ2n) is 3.18. The summed E-state index contributed by atoms with van der Waals surface area (Å²) in [6.45, 7) is 0. The average Bonchev–Trinajstić information content (AvgIpc) is 2.29. The van der Waals surface area contributed by atoms with Crippen LogP contribution in [0.4, 0.5) is 10.2 Å². The number of nitrogens with two attached hydrogens (primary N) is 1. The van der Waals surface area contributed by atoms with E-state index in [2.05, 4.69) is 20.9 Å². The zero-order valence-corrected chi connectivity index (χ0v) is 11.2. The molecule has 0 aliphatic carbocycles. The first-order valence-electron chi connectivity index (χ1n) is 4.29. The second kappa shape index (κ2) is 4.30. The van der Waals surface area contributed by atoms with Crippen molar-refractivity contribution in [3.05, 3.63) is 32.0 Å². The Morgan fingerprint density at radius 2 is 2.12 bits per heavy atom. The van der Waals surface area contributed by atoms with E-state index < -0.39 is 5.82 Å². The highest BCUT2D eigenvalue weighted by atomic mass is 79.9. The molecule has 0 unspecified atom stereocenters. The molecule has 0 spiro atoms. The Morgan fingerprint density at radius 1 is 1.47 bits per heavy atom. The molecule has 0 saturated heterocycles. The van der Waals surface area contributed by atoms with E-state index in [9.17, 15) is 4.39 Å². The molecular weight excluding hydrogens is 332 g/mol. The van der Waals surface area contributed by atoms with Gasteiger partial charge in [0.15, 0.2) is 5.82 Å². The van der Waals surface area contributed by atoms with E-state index in [1.54, 1.807) is 0 Å². The number of nitrogens with zero attached hydrogens (tertiary/aromatic N) is 2. The van der Waals surface area contributed by atoms with Gasteiger partial charge in [-0.2, -0.15) is 5.26 Å². The summed E-state index contributed by atoms with van der Waals surface area (Å²) in [5, 5.41) is 9.30. The van der Waals surface area contributed by atoms with E-state index in [1.807, 2.05) is 6.07 Å². The lowest BCUT2D eigenvalue weighted by Gasteiger charge is -2.08. The molecule has 0 aliphatic rings. The number of rotatable bonds is 0. The molecule has 0 aliphatic heterocycles. The van der Waals surface area contributed by atoms with Crippen molar-refractivity contribution >= 4 is 55.9 Å². The topological polar surface area (TPSA) is 62.7 Å². The van der Waals surface area contributed by atoms with E-state index >= 15 is 0 Å². The van der Waals surface area contributed by atoms with E-state index in [0.29, 0.717) is 0 Å². The highest BCUT2D eigenvalue weighted by molar-refractivity contribution is 9.10. The van der Waals surface area contributed by atoms with Gasteiger partial charge >= 0.3 is 0 Å². The Hall–Kier alpha value is -1.09. The number of pyridine rings is 1. The van der Waals surface area contributed by atoms with Crippen molar-refractivity contribution in [2.75, 3.05) is 5.73 Å². The summed E-state index contributed by atoms with van der Waals surface area (Å²) < 4.78 is 13.9. The monoisotopic (exact) mass is 333 g/mol. The van der Waals surface area contributed by atoms with Gasteiger partial charge in [0.2, 0.25) is 0 Å². The normalized spacial score (nSPS) is 10.5. The van der Waals surface area contributed by atoms with Crippen molar-refractivity contribution < 1.29 is 4.39 Å². The quantitative estimate of drug-likeness (QED) is 0.743. The highest BCUT2D eigenvalue weighted by Gasteiger charge is 2.18. The Morgan fingerprint density at radius 3 is 2.71 bits per heavy atom. The molecule has 2 aromatic rings. The van der Waals surface area contributed by atoms with Crippen LogP contribution in [-0.2, 0) is 0 Å². The minimum absolute atomic E-state index is 0.0111. The van der Waals surface area contributed by atoms with E-state index in [4.69, 9.17) is 34.2 Å². The Bertz CT molecular complexity index is 682. The van der Waals surface area contributed by atoms with Crippen LogP contribution in [0.15, 0.2) is 10.5 Å². The van der Waals surface area contributed by atoms with E-state index in [1.165, 1.54) is 6.07 Å². The fourth-order valence-corrected chi connectivity index (χ4v) is 2.17. The van der Waals surface area contributed by atoms with Crippen LogP contribution in [0.1, 0.15) is 5.56 Å². The number of hydrogen-bond donors (Lipinski definition) is 1. The van der Waals surface area contributed by atoms with Crippen LogP contribution >= 0.6 is 39.1 Å². The zero-order valence-electron chi connectivity index (χ0n) is 8.06. The first kappa shape index (κ1) is 12.4. The predicted octanol–water partition coefficient (Wildman–Crippen LogP) is 3.90. The van der Waals surface area contributed by atoms with Gasteiger partial charge in [0.1, 0.15) is 23.0 Å². The van der Waals surface area contributed by atoms with Gasteiger partial charge in [-0.25, -0.2) is 9.37 Å². The van der Waals surface area contributed by atoms with Crippen LogP contribution in [0, 0.1) is 17.1 Å². The van der Waals surface area contributed by atoms with Crippen LogP contribution in [0.2, 0.25) is 10.0 Å². The lowest BCUT2D eigenvalue weighted by molar-refractivity contribution is 0.630.